The first kappa shape index (κ1) is 28.8. The number of carbonyl (C=O) groups is 1. The number of rotatable bonds is 6. The molecule has 43 heavy (non-hydrogen) atoms. The number of nitro groups is 1. The summed E-state index contributed by atoms with van der Waals surface area (Å²) in [6, 6.07) is 10.5. The number of allylic oxidation sites excluding steroid dienone is 1. The highest BCUT2D eigenvalue weighted by Crippen LogP contribution is 2.35. The van der Waals surface area contributed by atoms with Gasteiger partial charge in [0.1, 0.15) is 11.7 Å². The Morgan fingerprint density at radius 3 is 2.58 bits per heavy atom. The van der Waals surface area contributed by atoms with E-state index >= 15 is 0 Å². The lowest BCUT2D eigenvalue weighted by Gasteiger charge is -2.28. The number of anilines is 1. The molecule has 0 bridgehead atoms. The lowest BCUT2D eigenvalue weighted by Crippen LogP contribution is -2.39. The van der Waals surface area contributed by atoms with Crippen molar-refractivity contribution < 1.29 is 14.5 Å². The Morgan fingerprint density at radius 2 is 1.91 bits per heavy atom. The molecule has 5 heterocycles. The number of thiazole rings is 1. The molecule has 0 N–H and O–H groups in total. The molecule has 0 amide bonds. The molecule has 10 nitrogen and oxygen atoms in total. The van der Waals surface area contributed by atoms with Crippen LogP contribution in [-0.4, -0.2) is 40.2 Å². The number of thiophene rings is 1. The van der Waals surface area contributed by atoms with E-state index < -0.39 is 12.0 Å². The second kappa shape index (κ2) is 11.4. The molecule has 0 saturated carbocycles. The van der Waals surface area contributed by atoms with Crippen LogP contribution < -0.4 is 19.8 Å². The summed E-state index contributed by atoms with van der Waals surface area (Å²) in [5.74, 6) is -0.516. The number of carbonyl (C=O) groups excluding carboxylic acids is 1. The molecule has 0 radical (unpaired) electrons. The lowest BCUT2D eigenvalue weighted by molar-refractivity contribution is -0.384. The highest BCUT2D eigenvalue weighted by molar-refractivity contribution is 7.10. The maximum absolute atomic E-state index is 13.9. The molecule has 0 spiro atoms. The molecule has 12 heteroatoms. The Kier molecular flexibility index (Phi) is 7.65. The molecule has 2 aliphatic rings. The number of piperidine rings is 1. The topological polar surface area (TPSA) is 112 Å². The summed E-state index contributed by atoms with van der Waals surface area (Å²) < 4.78 is 9.09. The van der Waals surface area contributed by atoms with Gasteiger partial charge >= 0.3 is 5.97 Å². The van der Waals surface area contributed by atoms with Crippen LogP contribution in [0.4, 0.5) is 11.4 Å². The normalized spacial score (nSPS) is 17.2. The van der Waals surface area contributed by atoms with Gasteiger partial charge in [0.25, 0.3) is 11.2 Å². The summed E-state index contributed by atoms with van der Waals surface area (Å²) in [5.41, 5.74) is 4.61. The standard InChI is InChI=1S/C31H31N5O5S2/c1-18-15-21(20(3)34(18)22-10-11-23(24(17-22)36(39)40)33-12-6-5-7-13-33)16-26-29(37)35-28(25-9-8-14-42-25)27(30(38)41-4)19(2)32-31(35)43-26/h8-11,14-17,28H,5-7,12-13H2,1-4H3. The molecule has 0 aliphatic carbocycles. The van der Waals surface area contributed by atoms with Crippen molar-refractivity contribution >= 4 is 46.1 Å². The minimum Gasteiger partial charge on any atom is -0.466 e. The number of methoxy groups -OCH3 is 1. The monoisotopic (exact) mass is 617 g/mol. The number of esters is 1. The number of aromatic nitrogens is 2. The van der Waals surface area contributed by atoms with Gasteiger partial charge in [0.15, 0.2) is 4.80 Å². The zero-order chi connectivity index (χ0) is 30.4. The Morgan fingerprint density at radius 1 is 1.14 bits per heavy atom. The SMILES string of the molecule is COC(=O)C1=C(C)N=c2sc(=Cc3cc(C)n(-c4ccc(N5CCCCC5)c([N+](=O)[O-])c4)c3C)c(=O)n2C1c1cccs1. The summed E-state index contributed by atoms with van der Waals surface area (Å²) in [4.78, 5) is 46.6. The van der Waals surface area contributed by atoms with Crippen molar-refractivity contribution in [2.75, 3.05) is 25.1 Å². The Balaban J connectivity index is 1.44. The fraction of sp³-hybridized carbons (Fsp3) is 0.323. The van der Waals surface area contributed by atoms with E-state index in [1.165, 1.54) is 29.8 Å². The van der Waals surface area contributed by atoms with Gasteiger partial charge in [-0.15, -0.1) is 11.3 Å². The van der Waals surface area contributed by atoms with Crippen LogP contribution in [0.2, 0.25) is 0 Å². The predicted molar refractivity (Wildman–Crippen MR) is 168 cm³/mol. The maximum Gasteiger partial charge on any atom is 0.338 e. The molecule has 3 aromatic heterocycles. The number of ether oxygens (including phenoxy) is 1. The summed E-state index contributed by atoms with van der Waals surface area (Å²) in [7, 11) is 1.32. The van der Waals surface area contributed by atoms with Gasteiger partial charge in [-0.05, 0) is 81.3 Å². The van der Waals surface area contributed by atoms with E-state index in [1.54, 1.807) is 17.6 Å². The van der Waals surface area contributed by atoms with Gasteiger partial charge in [0.2, 0.25) is 0 Å². The summed E-state index contributed by atoms with van der Waals surface area (Å²) in [5, 5.41) is 14.0. The first-order chi connectivity index (χ1) is 20.7. The quantitative estimate of drug-likeness (QED) is 0.175. The van der Waals surface area contributed by atoms with Crippen LogP contribution in [-0.2, 0) is 9.53 Å². The highest BCUT2D eigenvalue weighted by Gasteiger charge is 2.33. The predicted octanol–water partition coefficient (Wildman–Crippen LogP) is 4.78. The molecular formula is C31H31N5O5S2. The van der Waals surface area contributed by atoms with Crippen LogP contribution >= 0.6 is 22.7 Å². The van der Waals surface area contributed by atoms with Crippen molar-refractivity contribution in [3.8, 4) is 5.69 Å². The van der Waals surface area contributed by atoms with Gasteiger partial charge in [0, 0.05) is 35.4 Å². The first-order valence-corrected chi connectivity index (χ1v) is 15.8. The Hall–Kier alpha value is -4.29. The third-order valence-electron chi connectivity index (χ3n) is 8.11. The van der Waals surface area contributed by atoms with Crippen LogP contribution in [0.3, 0.4) is 0 Å². The molecule has 2 aliphatic heterocycles. The van der Waals surface area contributed by atoms with Crippen molar-refractivity contribution in [3.63, 3.8) is 0 Å². The van der Waals surface area contributed by atoms with Crippen molar-refractivity contribution in [1.82, 2.24) is 9.13 Å². The van der Waals surface area contributed by atoms with Crippen LogP contribution in [0.25, 0.3) is 11.8 Å². The Labute approximate surface area is 255 Å². The van der Waals surface area contributed by atoms with Gasteiger partial charge in [-0.25, -0.2) is 9.79 Å². The number of hydrogen-bond acceptors (Lipinski definition) is 9. The van der Waals surface area contributed by atoms with Gasteiger partial charge in [0.05, 0.1) is 33.5 Å². The number of aryl methyl sites for hydroxylation is 1. The fourth-order valence-corrected chi connectivity index (χ4v) is 7.94. The number of fused-ring (bicyclic) bond motifs is 1. The maximum atomic E-state index is 13.9. The van der Waals surface area contributed by atoms with Gasteiger partial charge in [-0.2, -0.15) is 0 Å². The average Bonchev–Trinajstić information content (AvgIpc) is 3.71. The average molecular weight is 618 g/mol. The number of hydrogen-bond donors (Lipinski definition) is 0. The molecular weight excluding hydrogens is 587 g/mol. The molecule has 1 atom stereocenters. The molecule has 4 aromatic rings. The third kappa shape index (κ3) is 5.04. The molecule has 1 saturated heterocycles. The van der Waals surface area contributed by atoms with E-state index in [-0.39, 0.29) is 16.2 Å². The minimum atomic E-state index is -0.628. The molecule has 1 fully saturated rings. The second-order valence-electron chi connectivity index (χ2n) is 10.7. The van der Waals surface area contributed by atoms with Crippen molar-refractivity contribution in [3.05, 3.63) is 105 Å². The molecule has 1 aromatic carbocycles. The van der Waals surface area contributed by atoms with Gasteiger partial charge in [-0.1, -0.05) is 17.4 Å². The second-order valence-corrected chi connectivity index (χ2v) is 12.7. The fourth-order valence-electron chi connectivity index (χ4n) is 6.08. The largest absolute Gasteiger partial charge is 0.466 e. The third-order valence-corrected chi connectivity index (χ3v) is 10.0. The Bertz CT molecular complexity index is 1960. The van der Waals surface area contributed by atoms with E-state index in [9.17, 15) is 19.7 Å². The zero-order valence-corrected chi connectivity index (χ0v) is 26.0. The molecule has 1 unspecified atom stereocenters. The van der Waals surface area contributed by atoms with Crippen molar-refractivity contribution in [2.45, 2.75) is 46.1 Å². The zero-order valence-electron chi connectivity index (χ0n) is 24.3. The smallest absolute Gasteiger partial charge is 0.338 e. The van der Waals surface area contributed by atoms with Crippen molar-refractivity contribution in [2.24, 2.45) is 4.99 Å². The first-order valence-electron chi connectivity index (χ1n) is 14.1. The summed E-state index contributed by atoms with van der Waals surface area (Å²) >= 11 is 2.73. The number of benzene rings is 1. The van der Waals surface area contributed by atoms with Crippen molar-refractivity contribution in [1.29, 1.82) is 0 Å². The van der Waals surface area contributed by atoms with Crippen LogP contribution in [0, 0.1) is 24.0 Å². The number of nitro benzene ring substituents is 1. The van der Waals surface area contributed by atoms with E-state index in [4.69, 9.17) is 4.74 Å². The lowest BCUT2D eigenvalue weighted by atomic mass is 10.0. The molecule has 222 valence electrons. The number of nitrogens with zero attached hydrogens (tertiary/aromatic N) is 5. The minimum absolute atomic E-state index is 0.0899. The van der Waals surface area contributed by atoms with E-state index in [2.05, 4.69) is 9.89 Å². The van der Waals surface area contributed by atoms with Crippen LogP contribution in [0.1, 0.15) is 54.1 Å². The van der Waals surface area contributed by atoms with Crippen LogP contribution in [0.15, 0.2) is 62.8 Å². The highest BCUT2D eigenvalue weighted by atomic mass is 32.1. The molecule has 6 rings (SSSR count). The van der Waals surface area contributed by atoms with E-state index in [0.29, 0.717) is 32.0 Å². The summed E-state index contributed by atoms with van der Waals surface area (Å²) in [6.45, 7) is 7.27. The van der Waals surface area contributed by atoms with Gasteiger partial charge < -0.3 is 14.2 Å². The van der Waals surface area contributed by atoms with Crippen LogP contribution in [0.5, 0.6) is 0 Å². The van der Waals surface area contributed by atoms with E-state index in [0.717, 1.165) is 54.2 Å². The van der Waals surface area contributed by atoms with E-state index in [1.807, 2.05) is 60.2 Å². The summed E-state index contributed by atoms with van der Waals surface area (Å²) in [6.07, 6.45) is 5.04. The van der Waals surface area contributed by atoms with Gasteiger partial charge in [-0.3, -0.25) is 19.5 Å².